The first-order valence-electron chi connectivity index (χ1n) is 12.7. The third kappa shape index (κ3) is 6.28. The standard InChI is InChI=1S/C30H34N2O4S/c1-35-27-19-21-31-26-17-11-4-3-9-16-25-28(36-2)20-22-32-30(25)29(18-12-6-10-15-24(26)27)37(33,34)23-13-7-5-8-14-23/h3-8,12-14,19-22,29H,9-11,15-18H2,1-2H3/b4-3-,12-6-. The van der Waals surface area contributed by atoms with Crippen LogP contribution >= 0.6 is 0 Å². The third-order valence-electron chi connectivity index (χ3n) is 6.69. The minimum atomic E-state index is -3.70. The van der Waals surface area contributed by atoms with Crippen molar-refractivity contribution in [1.82, 2.24) is 9.97 Å². The Morgan fingerprint density at radius 3 is 2.03 bits per heavy atom. The van der Waals surface area contributed by atoms with Crippen LogP contribution in [0.15, 0.2) is 84.1 Å². The Balaban J connectivity index is 1.74. The lowest BCUT2D eigenvalue weighted by Gasteiger charge is -2.21. The molecular formula is C30H34N2O4S. The van der Waals surface area contributed by atoms with E-state index in [1.165, 1.54) is 0 Å². The van der Waals surface area contributed by atoms with Gasteiger partial charge in [0.2, 0.25) is 0 Å². The van der Waals surface area contributed by atoms with Gasteiger partial charge in [-0.05, 0) is 69.2 Å². The van der Waals surface area contributed by atoms with Gasteiger partial charge < -0.3 is 9.47 Å². The van der Waals surface area contributed by atoms with Crippen molar-refractivity contribution in [3.8, 4) is 11.5 Å². The lowest BCUT2D eigenvalue weighted by Crippen LogP contribution is -2.17. The van der Waals surface area contributed by atoms with Crippen LogP contribution in [-0.4, -0.2) is 32.6 Å². The number of methoxy groups -OCH3 is 2. The SMILES string of the molecule is COc1ccnc2c1CC/C=C\CC(S(=O)(=O)c1ccccc1)c1nccc(OC)c1CC/C=C\CC2. The van der Waals surface area contributed by atoms with Crippen molar-refractivity contribution in [3.05, 3.63) is 102 Å². The molecule has 1 unspecified atom stereocenters. The Morgan fingerprint density at radius 2 is 1.32 bits per heavy atom. The van der Waals surface area contributed by atoms with Crippen LogP contribution < -0.4 is 9.47 Å². The van der Waals surface area contributed by atoms with Gasteiger partial charge in [0, 0.05) is 29.2 Å². The van der Waals surface area contributed by atoms with E-state index < -0.39 is 15.1 Å². The maximum absolute atomic E-state index is 13.9. The van der Waals surface area contributed by atoms with E-state index >= 15 is 0 Å². The van der Waals surface area contributed by atoms with Gasteiger partial charge in [-0.1, -0.05) is 42.5 Å². The highest BCUT2D eigenvalue weighted by molar-refractivity contribution is 7.91. The quantitative estimate of drug-likeness (QED) is 0.393. The van der Waals surface area contributed by atoms with Crippen LogP contribution in [0, 0.1) is 0 Å². The number of ether oxygens (including phenoxy) is 2. The Hall–Kier alpha value is -3.45. The van der Waals surface area contributed by atoms with Crippen molar-refractivity contribution in [1.29, 1.82) is 0 Å². The number of benzene rings is 1. The summed E-state index contributed by atoms with van der Waals surface area (Å²) in [6.45, 7) is 0. The van der Waals surface area contributed by atoms with E-state index in [9.17, 15) is 8.42 Å². The van der Waals surface area contributed by atoms with Crippen LogP contribution in [0.4, 0.5) is 0 Å². The molecule has 2 heterocycles. The number of fused-ring (bicyclic) bond motifs is 2. The summed E-state index contributed by atoms with van der Waals surface area (Å²) in [4.78, 5) is 9.53. The molecule has 0 spiro atoms. The molecule has 1 atom stereocenters. The van der Waals surface area contributed by atoms with Gasteiger partial charge in [0.1, 0.15) is 16.7 Å². The minimum Gasteiger partial charge on any atom is -0.496 e. The van der Waals surface area contributed by atoms with E-state index in [2.05, 4.69) is 28.2 Å². The van der Waals surface area contributed by atoms with Crippen LogP contribution in [0.2, 0.25) is 0 Å². The molecule has 0 fully saturated rings. The summed E-state index contributed by atoms with van der Waals surface area (Å²) in [5, 5.41) is -0.823. The smallest absolute Gasteiger partial charge is 0.187 e. The summed E-state index contributed by atoms with van der Waals surface area (Å²) >= 11 is 0. The van der Waals surface area contributed by atoms with Crippen LogP contribution in [0.1, 0.15) is 53.4 Å². The summed E-state index contributed by atoms with van der Waals surface area (Å²) in [7, 11) is -0.398. The van der Waals surface area contributed by atoms with Crippen LogP contribution in [0.3, 0.4) is 0 Å². The molecule has 0 N–H and O–H groups in total. The molecule has 4 rings (SSSR count). The van der Waals surface area contributed by atoms with Gasteiger partial charge in [-0.15, -0.1) is 0 Å². The van der Waals surface area contributed by atoms with Gasteiger partial charge >= 0.3 is 0 Å². The van der Waals surface area contributed by atoms with E-state index in [0.29, 0.717) is 29.2 Å². The largest absolute Gasteiger partial charge is 0.496 e. The molecule has 7 heteroatoms. The zero-order valence-corrected chi connectivity index (χ0v) is 22.3. The molecular weight excluding hydrogens is 484 g/mol. The fraction of sp³-hybridized carbons (Fsp3) is 0.333. The number of sulfone groups is 1. The lowest BCUT2D eigenvalue weighted by molar-refractivity contribution is 0.407. The number of nitrogens with zero attached hydrogens (tertiary/aromatic N) is 2. The zero-order chi connectivity index (χ0) is 26.1. The second-order valence-electron chi connectivity index (χ2n) is 8.96. The highest BCUT2D eigenvalue weighted by Crippen LogP contribution is 2.36. The minimum absolute atomic E-state index is 0.294. The Morgan fingerprint density at radius 1 is 0.730 bits per heavy atom. The van der Waals surface area contributed by atoms with Gasteiger partial charge in [0.15, 0.2) is 9.84 Å². The molecule has 0 radical (unpaired) electrons. The fourth-order valence-electron chi connectivity index (χ4n) is 4.81. The number of hydrogen-bond donors (Lipinski definition) is 0. The Bertz CT molecular complexity index is 1350. The van der Waals surface area contributed by atoms with Gasteiger partial charge in [0.05, 0.1) is 24.8 Å². The maximum atomic E-state index is 13.9. The third-order valence-corrected chi connectivity index (χ3v) is 8.79. The predicted octanol–water partition coefficient (Wildman–Crippen LogP) is 6.02. The first-order chi connectivity index (χ1) is 18.1. The highest BCUT2D eigenvalue weighted by Gasteiger charge is 2.32. The van der Waals surface area contributed by atoms with Crippen LogP contribution in [0.25, 0.3) is 0 Å². The maximum Gasteiger partial charge on any atom is 0.187 e. The summed E-state index contributed by atoms with van der Waals surface area (Å²) in [5.41, 5.74) is 3.56. The molecule has 0 saturated carbocycles. The van der Waals surface area contributed by atoms with E-state index in [-0.39, 0.29) is 0 Å². The van der Waals surface area contributed by atoms with Crippen molar-refractivity contribution >= 4 is 9.84 Å². The number of hydrogen-bond acceptors (Lipinski definition) is 6. The van der Waals surface area contributed by atoms with Crippen LogP contribution in [0.5, 0.6) is 11.5 Å². The van der Waals surface area contributed by atoms with Gasteiger partial charge in [0.25, 0.3) is 0 Å². The van der Waals surface area contributed by atoms with Gasteiger partial charge in [-0.2, -0.15) is 0 Å². The van der Waals surface area contributed by atoms with E-state index in [1.807, 2.05) is 18.2 Å². The monoisotopic (exact) mass is 518 g/mol. The molecule has 37 heavy (non-hydrogen) atoms. The molecule has 0 bridgehead atoms. The summed E-state index contributed by atoms with van der Waals surface area (Å²) in [6.07, 6.45) is 16.7. The topological polar surface area (TPSA) is 78.4 Å². The first kappa shape index (κ1) is 26.6. The number of aromatic nitrogens is 2. The zero-order valence-electron chi connectivity index (χ0n) is 21.5. The number of pyridine rings is 2. The fourth-order valence-corrected chi connectivity index (χ4v) is 6.53. The van der Waals surface area contributed by atoms with Crippen molar-refractivity contribution < 1.29 is 17.9 Å². The van der Waals surface area contributed by atoms with E-state index in [0.717, 1.165) is 54.7 Å². The molecule has 194 valence electrons. The average Bonchev–Trinajstić information content (AvgIpc) is 2.92. The van der Waals surface area contributed by atoms with Gasteiger partial charge in [-0.25, -0.2) is 8.42 Å². The average molecular weight is 519 g/mol. The second-order valence-corrected chi connectivity index (χ2v) is 11.1. The van der Waals surface area contributed by atoms with Gasteiger partial charge in [-0.3, -0.25) is 9.97 Å². The summed E-state index contributed by atoms with van der Waals surface area (Å²) in [5.74, 6) is 1.51. The van der Waals surface area contributed by atoms with Crippen molar-refractivity contribution in [3.63, 3.8) is 0 Å². The highest BCUT2D eigenvalue weighted by atomic mass is 32.2. The number of allylic oxidation sites excluding steroid dienone is 4. The molecule has 2 aromatic heterocycles. The number of aryl methyl sites for hydroxylation is 1. The number of rotatable bonds is 4. The second kappa shape index (κ2) is 12.7. The predicted molar refractivity (Wildman–Crippen MR) is 146 cm³/mol. The van der Waals surface area contributed by atoms with E-state index in [4.69, 9.17) is 9.47 Å². The van der Waals surface area contributed by atoms with Crippen molar-refractivity contribution in [2.24, 2.45) is 0 Å². The molecule has 0 aliphatic heterocycles. The Labute approximate surface area is 220 Å². The lowest BCUT2D eigenvalue weighted by atomic mass is 10.0. The van der Waals surface area contributed by atoms with Crippen molar-refractivity contribution in [2.45, 2.75) is 55.1 Å². The van der Waals surface area contributed by atoms with Crippen LogP contribution in [-0.2, 0) is 29.1 Å². The molecule has 3 aromatic rings. The summed E-state index contributed by atoms with van der Waals surface area (Å²) in [6, 6.07) is 12.3. The van der Waals surface area contributed by atoms with E-state index in [1.54, 1.807) is 56.9 Å². The molecule has 0 amide bonds. The molecule has 1 aliphatic carbocycles. The molecule has 1 aliphatic rings. The normalized spacial score (nSPS) is 18.7. The molecule has 0 saturated heterocycles. The van der Waals surface area contributed by atoms with Crippen molar-refractivity contribution in [2.75, 3.05) is 14.2 Å². The molecule has 1 aromatic carbocycles. The first-order valence-corrected chi connectivity index (χ1v) is 14.2. The molecule has 6 nitrogen and oxygen atoms in total. The summed E-state index contributed by atoms with van der Waals surface area (Å²) < 4.78 is 39.0. The Kier molecular flexibility index (Phi) is 9.12.